The predicted octanol–water partition coefficient (Wildman–Crippen LogP) is -0.979. The van der Waals surface area contributed by atoms with Gasteiger partial charge in [0.25, 0.3) is 0 Å². The zero-order chi connectivity index (χ0) is 13.3. The van der Waals surface area contributed by atoms with Crippen molar-refractivity contribution in [2.45, 2.75) is 12.5 Å². The molecule has 0 bridgehead atoms. The van der Waals surface area contributed by atoms with Gasteiger partial charge in [0.1, 0.15) is 6.10 Å². The van der Waals surface area contributed by atoms with Crippen molar-refractivity contribution in [1.82, 2.24) is 0 Å². The van der Waals surface area contributed by atoms with Crippen LogP contribution >= 0.6 is 0 Å². The third-order valence-corrected chi connectivity index (χ3v) is 2.71. The summed E-state index contributed by atoms with van der Waals surface area (Å²) in [5.74, 6) is -0.894. The quantitative estimate of drug-likeness (QED) is 0.438. The lowest BCUT2D eigenvalue weighted by Gasteiger charge is -2.13. The molecule has 1 unspecified atom stereocenters. The molecule has 1 aliphatic heterocycles. The van der Waals surface area contributed by atoms with Crippen LogP contribution in [0.25, 0.3) is 0 Å². The summed E-state index contributed by atoms with van der Waals surface area (Å²) in [6.07, 6.45) is -0.976. The normalized spacial score (nSPS) is 14.8. The Balaban J connectivity index is 2.13. The van der Waals surface area contributed by atoms with Crippen molar-refractivity contribution in [3.8, 4) is 0 Å². The molecule has 1 aliphatic rings. The molecule has 18 heavy (non-hydrogen) atoms. The maximum absolute atomic E-state index is 11.2. The summed E-state index contributed by atoms with van der Waals surface area (Å²) in [4.78, 5) is 21.9. The van der Waals surface area contributed by atoms with Crippen LogP contribution in [-0.4, -0.2) is 29.6 Å². The third-order valence-electron chi connectivity index (χ3n) is 2.71. The largest absolute Gasteiger partial charge is 0.397 e. The van der Waals surface area contributed by atoms with E-state index < -0.39 is 12.0 Å². The van der Waals surface area contributed by atoms with E-state index in [0.29, 0.717) is 23.5 Å². The molecule has 1 atom stereocenters. The summed E-state index contributed by atoms with van der Waals surface area (Å²) in [5, 5.41) is 14.8. The van der Waals surface area contributed by atoms with Gasteiger partial charge < -0.3 is 27.2 Å². The molecule has 0 aromatic heterocycles. The number of carbonyl (C=O) groups excluding carboxylic acids is 2. The number of hydrogen-bond acceptors (Lipinski definition) is 5. The maximum Gasteiger partial charge on any atom is 0.248 e. The van der Waals surface area contributed by atoms with Gasteiger partial charge in [0.05, 0.1) is 17.8 Å². The van der Waals surface area contributed by atoms with Gasteiger partial charge in [-0.15, -0.1) is 0 Å². The van der Waals surface area contributed by atoms with Gasteiger partial charge in [-0.3, -0.25) is 9.59 Å². The maximum atomic E-state index is 11.2. The van der Waals surface area contributed by atoms with E-state index in [4.69, 9.17) is 11.5 Å². The minimum Gasteiger partial charge on any atom is -0.397 e. The second-order valence-electron chi connectivity index (χ2n) is 4.12. The van der Waals surface area contributed by atoms with Crippen molar-refractivity contribution >= 4 is 28.9 Å². The van der Waals surface area contributed by atoms with Crippen molar-refractivity contribution < 1.29 is 14.7 Å². The molecule has 7 N–H and O–H groups in total. The topological polar surface area (TPSA) is 130 Å². The van der Waals surface area contributed by atoms with Crippen LogP contribution in [0.5, 0.6) is 0 Å². The zero-order valence-electron chi connectivity index (χ0n) is 9.56. The molecule has 1 aromatic rings. The molecule has 1 heterocycles. The Morgan fingerprint density at radius 1 is 1.56 bits per heavy atom. The monoisotopic (exact) mass is 250 g/mol. The predicted molar refractivity (Wildman–Crippen MR) is 66.9 cm³/mol. The fourth-order valence-electron chi connectivity index (χ4n) is 1.75. The molecule has 96 valence electrons. The van der Waals surface area contributed by atoms with Gasteiger partial charge in [-0.1, -0.05) is 0 Å². The van der Waals surface area contributed by atoms with Gasteiger partial charge in [-0.2, -0.15) is 0 Å². The number of rotatable bonds is 4. The van der Waals surface area contributed by atoms with Gasteiger partial charge >= 0.3 is 0 Å². The Morgan fingerprint density at radius 3 is 2.94 bits per heavy atom. The van der Waals surface area contributed by atoms with Crippen LogP contribution in [-0.2, 0) is 16.0 Å². The minimum absolute atomic E-state index is 0.0354. The van der Waals surface area contributed by atoms with Gasteiger partial charge in [0, 0.05) is 12.2 Å². The summed E-state index contributed by atoms with van der Waals surface area (Å²) < 4.78 is 0. The highest BCUT2D eigenvalue weighted by Gasteiger charge is 2.19. The van der Waals surface area contributed by atoms with E-state index in [1.807, 2.05) is 0 Å². The molecule has 0 radical (unpaired) electrons. The molecular formula is C11H14N4O3. The fourth-order valence-corrected chi connectivity index (χ4v) is 1.75. The van der Waals surface area contributed by atoms with Crippen LogP contribution in [0.2, 0.25) is 0 Å². The van der Waals surface area contributed by atoms with Crippen LogP contribution in [0.4, 0.5) is 17.1 Å². The van der Waals surface area contributed by atoms with Gasteiger partial charge in [0.2, 0.25) is 11.8 Å². The van der Waals surface area contributed by atoms with E-state index in [0.717, 1.165) is 5.56 Å². The van der Waals surface area contributed by atoms with Crippen molar-refractivity contribution in [2.24, 2.45) is 5.73 Å². The average Bonchev–Trinajstić information content (AvgIpc) is 2.64. The lowest BCUT2D eigenvalue weighted by atomic mass is 10.1. The first-order valence-electron chi connectivity index (χ1n) is 5.41. The molecular weight excluding hydrogens is 236 g/mol. The smallest absolute Gasteiger partial charge is 0.248 e. The van der Waals surface area contributed by atoms with E-state index in [2.05, 4.69) is 10.6 Å². The Bertz CT molecular complexity index is 515. The number of benzene rings is 1. The Labute approximate surface area is 103 Å². The Kier molecular flexibility index (Phi) is 3.07. The molecule has 7 heteroatoms. The lowest BCUT2D eigenvalue weighted by molar-refractivity contribution is -0.125. The number of aliphatic hydroxyl groups excluding tert-OH is 1. The molecule has 0 spiro atoms. The Morgan fingerprint density at radius 2 is 2.28 bits per heavy atom. The SMILES string of the molecule is NC(=O)C(O)CNc1cc2c(cc1N)CC(=O)N2. The fraction of sp³-hybridized carbons (Fsp3) is 0.273. The van der Waals surface area contributed by atoms with Crippen molar-refractivity contribution in [3.05, 3.63) is 17.7 Å². The van der Waals surface area contributed by atoms with Crippen LogP contribution in [0, 0.1) is 0 Å². The number of fused-ring (bicyclic) bond motifs is 1. The van der Waals surface area contributed by atoms with E-state index in [1.165, 1.54) is 0 Å². The highest BCUT2D eigenvalue weighted by atomic mass is 16.3. The van der Waals surface area contributed by atoms with Crippen LogP contribution in [0.1, 0.15) is 5.56 Å². The molecule has 2 amide bonds. The van der Waals surface area contributed by atoms with Crippen molar-refractivity contribution in [1.29, 1.82) is 0 Å². The molecule has 0 aliphatic carbocycles. The number of nitrogens with one attached hydrogen (secondary N) is 2. The first kappa shape index (κ1) is 12.2. The van der Waals surface area contributed by atoms with E-state index in [9.17, 15) is 14.7 Å². The summed E-state index contributed by atoms with van der Waals surface area (Å²) in [7, 11) is 0. The number of primary amides is 1. The van der Waals surface area contributed by atoms with Gasteiger partial charge in [-0.25, -0.2) is 0 Å². The number of hydrogen-bond donors (Lipinski definition) is 5. The number of nitrogen functional groups attached to an aromatic ring is 1. The Hall–Kier alpha value is -2.28. The first-order chi connectivity index (χ1) is 8.47. The third kappa shape index (κ3) is 2.35. The van der Waals surface area contributed by atoms with Crippen molar-refractivity contribution in [3.63, 3.8) is 0 Å². The number of carbonyl (C=O) groups is 2. The van der Waals surface area contributed by atoms with Crippen molar-refractivity contribution in [2.75, 3.05) is 22.9 Å². The average molecular weight is 250 g/mol. The number of anilines is 3. The molecule has 0 saturated carbocycles. The second-order valence-corrected chi connectivity index (χ2v) is 4.12. The minimum atomic E-state index is -1.28. The first-order valence-corrected chi connectivity index (χ1v) is 5.41. The second kappa shape index (κ2) is 4.53. The highest BCUT2D eigenvalue weighted by Crippen LogP contribution is 2.31. The summed E-state index contributed by atoms with van der Waals surface area (Å²) in [6, 6.07) is 3.36. The molecule has 7 nitrogen and oxygen atoms in total. The summed E-state index contributed by atoms with van der Waals surface area (Å²) >= 11 is 0. The van der Waals surface area contributed by atoms with E-state index in [1.54, 1.807) is 12.1 Å². The van der Waals surface area contributed by atoms with Crippen LogP contribution < -0.4 is 22.1 Å². The molecule has 0 fully saturated rings. The number of amides is 2. The van der Waals surface area contributed by atoms with E-state index >= 15 is 0 Å². The molecule has 0 saturated heterocycles. The van der Waals surface area contributed by atoms with E-state index in [-0.39, 0.29) is 12.5 Å². The summed E-state index contributed by atoms with van der Waals surface area (Å²) in [5.41, 5.74) is 13.2. The van der Waals surface area contributed by atoms with Crippen LogP contribution in [0.15, 0.2) is 12.1 Å². The summed E-state index contributed by atoms with van der Waals surface area (Å²) in [6.45, 7) is -0.0354. The molecule has 1 aromatic carbocycles. The van der Waals surface area contributed by atoms with Gasteiger partial charge in [0.15, 0.2) is 0 Å². The van der Waals surface area contributed by atoms with Crippen LogP contribution in [0.3, 0.4) is 0 Å². The lowest BCUT2D eigenvalue weighted by Crippen LogP contribution is -2.34. The molecule has 2 rings (SSSR count). The zero-order valence-corrected chi connectivity index (χ0v) is 9.56. The highest BCUT2D eigenvalue weighted by molar-refractivity contribution is 6.00. The van der Waals surface area contributed by atoms with Gasteiger partial charge in [-0.05, 0) is 17.7 Å². The number of aliphatic hydroxyl groups is 1. The standard InChI is InChI=1S/C11H14N4O3/c12-6-1-5-2-10(17)15-7(5)3-8(6)14-4-9(16)11(13)18/h1,3,9,14,16H,2,4,12H2,(H2,13,18)(H,15,17). The number of nitrogens with two attached hydrogens (primary N) is 2.